The second-order valence-electron chi connectivity index (χ2n) is 5.96. The van der Waals surface area contributed by atoms with E-state index in [2.05, 4.69) is 25.5 Å². The van der Waals surface area contributed by atoms with Gasteiger partial charge < -0.3 is 10.1 Å². The average molecular weight is 433 g/mol. The molecule has 1 N–H and O–H groups in total. The summed E-state index contributed by atoms with van der Waals surface area (Å²) in [5, 5.41) is 13.1. The summed E-state index contributed by atoms with van der Waals surface area (Å²) in [5.74, 6) is 1.51. The fourth-order valence-electron chi connectivity index (χ4n) is 2.56. The van der Waals surface area contributed by atoms with Crippen molar-refractivity contribution in [2.45, 2.75) is 38.2 Å². The van der Waals surface area contributed by atoms with Crippen LogP contribution in [-0.2, 0) is 17.0 Å². The standard InChI is InChI=1S/C19H21ClN6O2S/c1-4-26-18(23-16-14(17(27)28-5-2)10-21-12(3)22-16)24-25-19(26)29-11-13-8-6-7-9-15(13)20/h6-10H,4-5,11H2,1-3H3,(H,21,22,23,24). The molecule has 0 bridgehead atoms. The number of aromatic nitrogens is 5. The van der Waals surface area contributed by atoms with Gasteiger partial charge in [0.05, 0.1) is 6.61 Å². The monoisotopic (exact) mass is 432 g/mol. The van der Waals surface area contributed by atoms with Gasteiger partial charge in [0.25, 0.3) is 0 Å². The first-order chi connectivity index (χ1) is 14.0. The summed E-state index contributed by atoms with van der Waals surface area (Å²) >= 11 is 7.77. The zero-order valence-electron chi connectivity index (χ0n) is 16.3. The molecule has 0 saturated heterocycles. The molecular weight excluding hydrogens is 412 g/mol. The molecule has 0 aliphatic heterocycles. The first-order valence-corrected chi connectivity index (χ1v) is 10.5. The number of rotatable bonds is 8. The van der Waals surface area contributed by atoms with E-state index in [0.717, 1.165) is 15.7 Å². The summed E-state index contributed by atoms with van der Waals surface area (Å²) in [6, 6.07) is 7.70. The molecule has 3 aromatic rings. The highest BCUT2D eigenvalue weighted by molar-refractivity contribution is 7.98. The Morgan fingerprint density at radius 2 is 2.07 bits per heavy atom. The number of hydrogen-bond donors (Lipinski definition) is 1. The third-order valence-corrected chi connectivity index (χ3v) is 5.37. The molecule has 29 heavy (non-hydrogen) atoms. The number of nitrogens with zero attached hydrogens (tertiary/aromatic N) is 5. The number of aryl methyl sites for hydroxylation is 1. The molecule has 8 nitrogen and oxygen atoms in total. The minimum Gasteiger partial charge on any atom is -0.462 e. The summed E-state index contributed by atoms with van der Waals surface area (Å²) < 4.78 is 7.00. The van der Waals surface area contributed by atoms with E-state index in [1.807, 2.05) is 35.8 Å². The van der Waals surface area contributed by atoms with Crippen LogP contribution in [0.2, 0.25) is 5.02 Å². The van der Waals surface area contributed by atoms with Crippen molar-refractivity contribution in [1.29, 1.82) is 0 Å². The minimum absolute atomic E-state index is 0.244. The minimum atomic E-state index is -0.495. The summed E-state index contributed by atoms with van der Waals surface area (Å²) in [4.78, 5) is 20.6. The first kappa shape index (κ1) is 21.1. The van der Waals surface area contributed by atoms with Crippen molar-refractivity contribution in [1.82, 2.24) is 24.7 Å². The number of halogens is 1. The maximum absolute atomic E-state index is 12.2. The second kappa shape index (κ2) is 9.71. The van der Waals surface area contributed by atoms with Crippen molar-refractivity contribution in [3.63, 3.8) is 0 Å². The van der Waals surface area contributed by atoms with Crippen LogP contribution in [0, 0.1) is 6.92 Å². The van der Waals surface area contributed by atoms with Crippen LogP contribution in [0.1, 0.15) is 35.6 Å². The van der Waals surface area contributed by atoms with Gasteiger partial charge in [-0.1, -0.05) is 41.6 Å². The highest BCUT2D eigenvalue weighted by Gasteiger charge is 2.19. The Morgan fingerprint density at radius 1 is 1.28 bits per heavy atom. The number of nitrogens with one attached hydrogen (secondary N) is 1. The van der Waals surface area contributed by atoms with Crippen LogP contribution in [0.15, 0.2) is 35.6 Å². The summed E-state index contributed by atoms with van der Waals surface area (Å²) in [6.45, 7) is 6.39. The molecule has 0 atom stereocenters. The van der Waals surface area contributed by atoms with Gasteiger partial charge in [0.15, 0.2) is 11.0 Å². The van der Waals surface area contributed by atoms with Gasteiger partial charge in [0.2, 0.25) is 5.95 Å². The molecule has 0 amide bonds. The van der Waals surface area contributed by atoms with E-state index in [9.17, 15) is 4.79 Å². The number of ether oxygens (including phenoxy) is 1. The number of thioether (sulfide) groups is 1. The molecule has 0 fully saturated rings. The Bertz CT molecular complexity index is 1010. The van der Waals surface area contributed by atoms with Gasteiger partial charge in [0, 0.05) is 23.5 Å². The van der Waals surface area contributed by atoms with Gasteiger partial charge >= 0.3 is 5.97 Å². The van der Waals surface area contributed by atoms with Crippen LogP contribution < -0.4 is 5.32 Å². The Balaban J connectivity index is 1.83. The molecule has 2 aromatic heterocycles. The first-order valence-electron chi connectivity index (χ1n) is 9.10. The molecular formula is C19H21ClN6O2S. The van der Waals surface area contributed by atoms with E-state index < -0.39 is 5.97 Å². The zero-order valence-corrected chi connectivity index (χ0v) is 17.9. The number of carbonyl (C=O) groups is 1. The van der Waals surface area contributed by atoms with Gasteiger partial charge in [-0.25, -0.2) is 14.8 Å². The Kier molecular flexibility index (Phi) is 7.05. The molecule has 10 heteroatoms. The number of hydrogen-bond acceptors (Lipinski definition) is 8. The van der Waals surface area contributed by atoms with Crippen molar-refractivity contribution in [3.05, 3.63) is 52.4 Å². The Morgan fingerprint density at radius 3 is 2.79 bits per heavy atom. The highest BCUT2D eigenvalue weighted by Crippen LogP contribution is 2.28. The quantitative estimate of drug-likeness (QED) is 0.416. The van der Waals surface area contributed by atoms with Crippen molar-refractivity contribution in [2.75, 3.05) is 11.9 Å². The fourth-order valence-corrected chi connectivity index (χ4v) is 3.85. The maximum atomic E-state index is 12.2. The molecule has 1 aromatic carbocycles. The summed E-state index contributed by atoms with van der Waals surface area (Å²) in [7, 11) is 0. The predicted molar refractivity (Wildman–Crippen MR) is 113 cm³/mol. The van der Waals surface area contributed by atoms with Crippen LogP contribution in [0.4, 0.5) is 11.8 Å². The molecule has 0 aliphatic carbocycles. The van der Waals surface area contributed by atoms with E-state index in [1.54, 1.807) is 13.8 Å². The highest BCUT2D eigenvalue weighted by atomic mass is 35.5. The molecule has 0 saturated carbocycles. The molecule has 3 rings (SSSR count). The van der Waals surface area contributed by atoms with E-state index in [-0.39, 0.29) is 12.2 Å². The van der Waals surface area contributed by atoms with Crippen LogP contribution in [-0.4, -0.2) is 37.3 Å². The third-order valence-electron chi connectivity index (χ3n) is 3.98. The van der Waals surface area contributed by atoms with Gasteiger partial charge in [-0.05, 0) is 32.4 Å². The number of benzene rings is 1. The van der Waals surface area contributed by atoms with E-state index in [1.165, 1.54) is 18.0 Å². The Labute approximate surface area is 178 Å². The number of anilines is 2. The third kappa shape index (κ3) is 5.04. The lowest BCUT2D eigenvalue weighted by Gasteiger charge is -2.12. The lowest BCUT2D eigenvalue weighted by molar-refractivity contribution is 0.0526. The predicted octanol–water partition coefficient (Wildman–Crippen LogP) is 4.26. The van der Waals surface area contributed by atoms with Crippen molar-refractivity contribution in [2.24, 2.45) is 0 Å². The van der Waals surface area contributed by atoms with Crippen LogP contribution >= 0.6 is 23.4 Å². The maximum Gasteiger partial charge on any atom is 0.343 e. The Hall–Kier alpha value is -2.65. The summed E-state index contributed by atoms with van der Waals surface area (Å²) in [6.07, 6.45) is 1.45. The summed E-state index contributed by atoms with van der Waals surface area (Å²) in [5.41, 5.74) is 1.27. The molecule has 0 aliphatic rings. The molecule has 0 radical (unpaired) electrons. The van der Waals surface area contributed by atoms with Gasteiger partial charge in [-0.3, -0.25) is 4.57 Å². The topological polar surface area (TPSA) is 94.8 Å². The van der Waals surface area contributed by atoms with Crippen molar-refractivity contribution < 1.29 is 9.53 Å². The van der Waals surface area contributed by atoms with E-state index in [4.69, 9.17) is 16.3 Å². The average Bonchev–Trinajstić information content (AvgIpc) is 3.09. The normalized spacial score (nSPS) is 10.8. The number of esters is 1. The largest absolute Gasteiger partial charge is 0.462 e. The van der Waals surface area contributed by atoms with Crippen molar-refractivity contribution in [3.8, 4) is 0 Å². The lowest BCUT2D eigenvalue weighted by Crippen LogP contribution is -2.13. The van der Waals surface area contributed by atoms with E-state index >= 15 is 0 Å². The molecule has 0 unspecified atom stereocenters. The van der Waals surface area contributed by atoms with E-state index in [0.29, 0.717) is 29.9 Å². The molecule has 2 heterocycles. The van der Waals surface area contributed by atoms with Gasteiger partial charge in [-0.2, -0.15) is 0 Å². The zero-order chi connectivity index (χ0) is 20.8. The van der Waals surface area contributed by atoms with Gasteiger partial charge in [0.1, 0.15) is 11.4 Å². The van der Waals surface area contributed by atoms with Crippen LogP contribution in [0.3, 0.4) is 0 Å². The fraction of sp³-hybridized carbons (Fsp3) is 0.316. The number of carbonyl (C=O) groups excluding carboxylic acids is 1. The van der Waals surface area contributed by atoms with Gasteiger partial charge in [-0.15, -0.1) is 10.2 Å². The molecule has 152 valence electrons. The SMILES string of the molecule is CCOC(=O)c1cnc(C)nc1Nc1nnc(SCc2ccccc2Cl)n1CC. The van der Waals surface area contributed by atoms with Crippen LogP contribution in [0.25, 0.3) is 0 Å². The molecule has 0 spiro atoms. The smallest absolute Gasteiger partial charge is 0.343 e. The lowest BCUT2D eigenvalue weighted by atomic mass is 10.2. The van der Waals surface area contributed by atoms with Crippen molar-refractivity contribution >= 4 is 41.1 Å². The van der Waals surface area contributed by atoms with Crippen LogP contribution in [0.5, 0.6) is 0 Å². The second-order valence-corrected chi connectivity index (χ2v) is 7.31.